The Kier molecular flexibility index (Phi) is 6.31. The largest absolute Gasteiger partial charge is 0.381 e. The lowest BCUT2D eigenvalue weighted by Gasteiger charge is -2.38. The fourth-order valence-corrected chi connectivity index (χ4v) is 5.39. The molecule has 4 rings (SSSR count). The molecular formula is C22H24ClN3O4S. The first-order valence-electron chi connectivity index (χ1n) is 10.2. The van der Waals surface area contributed by atoms with E-state index in [1.165, 1.54) is 6.07 Å². The number of benzene rings is 2. The number of nitrogens with one attached hydrogen (secondary N) is 2. The van der Waals surface area contributed by atoms with E-state index in [2.05, 4.69) is 15.0 Å². The Morgan fingerprint density at radius 1 is 1.13 bits per heavy atom. The Labute approximate surface area is 186 Å². The number of hydrogen-bond acceptors (Lipinski definition) is 5. The van der Waals surface area contributed by atoms with E-state index in [9.17, 15) is 13.2 Å². The number of fused-ring (bicyclic) bond motifs is 1. The smallest absolute Gasteiger partial charge is 0.263 e. The molecule has 1 amide bonds. The lowest BCUT2D eigenvalue weighted by Crippen LogP contribution is -2.44. The summed E-state index contributed by atoms with van der Waals surface area (Å²) in [5.41, 5.74) is 1.48. The molecule has 2 aliphatic rings. The Morgan fingerprint density at radius 2 is 1.84 bits per heavy atom. The quantitative estimate of drug-likeness (QED) is 0.691. The number of sulfonamides is 1. The van der Waals surface area contributed by atoms with Gasteiger partial charge in [-0.25, -0.2) is 8.42 Å². The number of hydrogen-bond donors (Lipinski definition) is 2. The molecule has 0 unspecified atom stereocenters. The van der Waals surface area contributed by atoms with Gasteiger partial charge in [-0.15, -0.1) is 0 Å². The maximum Gasteiger partial charge on any atom is 0.263 e. The lowest BCUT2D eigenvalue weighted by molar-refractivity contribution is -0.121. The van der Waals surface area contributed by atoms with Gasteiger partial charge in [-0.05, 0) is 42.7 Å². The number of carbonyl (C=O) groups excluding carboxylic acids is 1. The number of rotatable bonds is 6. The Bertz CT molecular complexity index is 1090. The van der Waals surface area contributed by atoms with E-state index < -0.39 is 10.0 Å². The van der Waals surface area contributed by atoms with Crippen molar-refractivity contribution in [3.05, 3.63) is 64.7 Å². The molecule has 0 aliphatic carbocycles. The predicted octanol–water partition coefficient (Wildman–Crippen LogP) is 2.63. The van der Waals surface area contributed by atoms with Gasteiger partial charge in [0, 0.05) is 42.2 Å². The van der Waals surface area contributed by atoms with E-state index in [1.807, 2.05) is 24.3 Å². The zero-order valence-electron chi connectivity index (χ0n) is 16.9. The van der Waals surface area contributed by atoms with Crippen molar-refractivity contribution in [1.82, 2.24) is 10.0 Å². The van der Waals surface area contributed by atoms with Crippen LogP contribution >= 0.6 is 11.6 Å². The predicted molar refractivity (Wildman–Crippen MR) is 119 cm³/mol. The average molecular weight is 462 g/mol. The standard InChI is InChI=1S/C22H24ClN3O4S/c23-17-7-5-16(6-8-17)22(10-13-30-14-11-22)15-25-20(27)9-12-24-21-18-3-1-2-4-19(18)31(28,29)26-21/h1-8H,9-15H2,(H,24,26)(H,25,27). The van der Waals surface area contributed by atoms with Crippen LogP contribution in [0.4, 0.5) is 0 Å². The Balaban J connectivity index is 1.38. The summed E-state index contributed by atoms with van der Waals surface area (Å²) >= 11 is 6.03. The molecular weight excluding hydrogens is 438 g/mol. The zero-order valence-corrected chi connectivity index (χ0v) is 18.5. The number of amidine groups is 1. The van der Waals surface area contributed by atoms with Crippen LogP contribution in [0.5, 0.6) is 0 Å². The summed E-state index contributed by atoms with van der Waals surface area (Å²) in [7, 11) is -3.57. The fraction of sp³-hybridized carbons (Fsp3) is 0.364. The third kappa shape index (κ3) is 4.76. The van der Waals surface area contributed by atoms with Crippen LogP contribution in [-0.4, -0.2) is 46.5 Å². The highest BCUT2D eigenvalue weighted by Gasteiger charge is 2.35. The number of halogens is 1. The molecule has 7 nitrogen and oxygen atoms in total. The minimum atomic E-state index is -3.57. The first-order valence-corrected chi connectivity index (χ1v) is 12.0. The summed E-state index contributed by atoms with van der Waals surface area (Å²) in [6.07, 6.45) is 1.80. The molecule has 0 radical (unpaired) electrons. The zero-order chi connectivity index (χ0) is 21.9. The van der Waals surface area contributed by atoms with E-state index in [-0.39, 0.29) is 35.0 Å². The molecule has 2 aliphatic heterocycles. The summed E-state index contributed by atoms with van der Waals surface area (Å²) in [6.45, 7) is 1.98. The highest BCUT2D eigenvalue weighted by molar-refractivity contribution is 7.90. The van der Waals surface area contributed by atoms with Crippen molar-refractivity contribution >= 4 is 33.4 Å². The van der Waals surface area contributed by atoms with Crippen molar-refractivity contribution in [3.8, 4) is 0 Å². The van der Waals surface area contributed by atoms with E-state index in [4.69, 9.17) is 16.3 Å². The molecule has 31 heavy (non-hydrogen) atoms. The van der Waals surface area contributed by atoms with Gasteiger partial charge in [-0.2, -0.15) is 0 Å². The van der Waals surface area contributed by atoms with Crippen molar-refractivity contribution < 1.29 is 17.9 Å². The maximum atomic E-state index is 12.5. The third-order valence-corrected chi connectivity index (χ3v) is 7.45. The molecule has 1 fully saturated rings. The van der Waals surface area contributed by atoms with Crippen LogP contribution in [0.3, 0.4) is 0 Å². The second-order valence-corrected chi connectivity index (χ2v) is 9.85. The van der Waals surface area contributed by atoms with E-state index in [0.717, 1.165) is 18.4 Å². The Morgan fingerprint density at radius 3 is 2.58 bits per heavy atom. The number of ether oxygens (including phenoxy) is 1. The van der Waals surface area contributed by atoms with Crippen molar-refractivity contribution in [3.63, 3.8) is 0 Å². The molecule has 1 saturated heterocycles. The highest BCUT2D eigenvalue weighted by Crippen LogP contribution is 2.35. The van der Waals surface area contributed by atoms with Crippen molar-refractivity contribution in [1.29, 1.82) is 0 Å². The number of aliphatic imine (C=N–C) groups is 1. The molecule has 2 aromatic rings. The van der Waals surface area contributed by atoms with Gasteiger partial charge in [0.15, 0.2) is 0 Å². The van der Waals surface area contributed by atoms with E-state index >= 15 is 0 Å². The monoisotopic (exact) mass is 461 g/mol. The van der Waals surface area contributed by atoms with Gasteiger partial charge >= 0.3 is 0 Å². The highest BCUT2D eigenvalue weighted by atomic mass is 35.5. The van der Waals surface area contributed by atoms with E-state index in [1.54, 1.807) is 18.2 Å². The first kappa shape index (κ1) is 21.8. The summed E-state index contributed by atoms with van der Waals surface area (Å²) in [6, 6.07) is 14.4. The van der Waals surface area contributed by atoms with Crippen LogP contribution in [-0.2, 0) is 25.0 Å². The number of carbonyl (C=O) groups is 1. The molecule has 2 aromatic carbocycles. The molecule has 164 valence electrons. The molecule has 0 atom stereocenters. The second-order valence-electron chi connectivity index (χ2n) is 7.76. The van der Waals surface area contributed by atoms with Gasteiger partial charge in [0.05, 0.1) is 11.4 Å². The topological polar surface area (TPSA) is 96.9 Å². The third-order valence-electron chi connectivity index (χ3n) is 5.80. The molecule has 0 saturated carbocycles. The Hall–Kier alpha value is -2.42. The number of amides is 1. The summed E-state index contributed by atoms with van der Waals surface area (Å²) in [5.74, 6) is 0.156. The van der Waals surface area contributed by atoms with Crippen molar-refractivity contribution in [2.75, 3.05) is 26.3 Å². The van der Waals surface area contributed by atoms with Gasteiger partial charge in [0.1, 0.15) is 5.84 Å². The van der Waals surface area contributed by atoms with Crippen LogP contribution in [0.2, 0.25) is 5.02 Å². The minimum Gasteiger partial charge on any atom is -0.381 e. The maximum absolute atomic E-state index is 12.5. The average Bonchev–Trinajstić information content (AvgIpc) is 3.04. The van der Waals surface area contributed by atoms with Gasteiger partial charge in [-0.1, -0.05) is 35.9 Å². The van der Waals surface area contributed by atoms with E-state index in [0.29, 0.717) is 30.3 Å². The molecule has 2 N–H and O–H groups in total. The van der Waals surface area contributed by atoms with Gasteiger partial charge in [0.2, 0.25) is 5.91 Å². The summed E-state index contributed by atoms with van der Waals surface area (Å²) < 4.78 is 32.3. The minimum absolute atomic E-state index is 0.127. The summed E-state index contributed by atoms with van der Waals surface area (Å²) in [5, 5.41) is 3.71. The molecule has 0 bridgehead atoms. The normalized spacial score (nSPS) is 20.1. The lowest BCUT2D eigenvalue weighted by atomic mass is 9.74. The summed E-state index contributed by atoms with van der Waals surface area (Å²) in [4.78, 5) is 17.0. The molecule has 0 spiro atoms. The van der Waals surface area contributed by atoms with Crippen molar-refractivity contribution in [2.45, 2.75) is 29.6 Å². The van der Waals surface area contributed by atoms with Crippen LogP contribution < -0.4 is 10.0 Å². The molecule has 9 heteroatoms. The van der Waals surface area contributed by atoms with Crippen LogP contribution in [0.15, 0.2) is 58.4 Å². The number of nitrogens with zero attached hydrogens (tertiary/aromatic N) is 1. The van der Waals surface area contributed by atoms with Gasteiger partial charge in [-0.3, -0.25) is 14.5 Å². The van der Waals surface area contributed by atoms with Gasteiger partial charge in [0.25, 0.3) is 10.0 Å². The molecule has 2 heterocycles. The fourth-order valence-electron chi connectivity index (χ4n) is 4.01. The SMILES string of the molecule is O=C(CCN=C1NS(=O)(=O)c2ccccc21)NCC1(c2ccc(Cl)cc2)CCOCC1. The first-order chi connectivity index (χ1) is 14.9. The second kappa shape index (κ2) is 8.98. The van der Waals surface area contributed by atoms with Crippen molar-refractivity contribution in [2.24, 2.45) is 4.99 Å². The molecule has 0 aromatic heterocycles. The van der Waals surface area contributed by atoms with Gasteiger partial charge < -0.3 is 10.1 Å². The van der Waals surface area contributed by atoms with Crippen LogP contribution in [0.1, 0.15) is 30.4 Å². The van der Waals surface area contributed by atoms with Crippen LogP contribution in [0, 0.1) is 0 Å². The van der Waals surface area contributed by atoms with Crippen LogP contribution in [0.25, 0.3) is 0 Å².